The normalized spacial score (nSPS) is 9.96. The van der Waals surface area contributed by atoms with E-state index in [1.165, 1.54) is 27.4 Å². The van der Waals surface area contributed by atoms with Crippen molar-refractivity contribution in [1.29, 1.82) is 0 Å². The number of nitro groups is 1. The third kappa shape index (κ3) is 6.71. The number of hydrogen-bond donors (Lipinski definition) is 2. The van der Waals surface area contributed by atoms with E-state index >= 15 is 0 Å². The fourth-order valence-corrected chi connectivity index (χ4v) is 2.39. The lowest BCUT2D eigenvalue weighted by molar-refractivity contribution is -0.385. The van der Waals surface area contributed by atoms with E-state index in [0.717, 1.165) is 0 Å². The topological polar surface area (TPSA) is 112 Å². The molecule has 0 fully saturated rings. The Morgan fingerprint density at radius 1 is 1.15 bits per heavy atom. The molecule has 1 aromatic rings. The Morgan fingerprint density at radius 3 is 2.35 bits per heavy atom. The molecular weight excluding hydrogens is 362 g/mol. The van der Waals surface area contributed by atoms with Crippen LogP contribution in [-0.2, 0) is 16.0 Å². The van der Waals surface area contributed by atoms with E-state index in [1.54, 1.807) is 6.07 Å². The van der Waals surface area contributed by atoms with Crippen molar-refractivity contribution in [2.75, 3.05) is 34.4 Å². The summed E-state index contributed by atoms with van der Waals surface area (Å²) < 4.78 is 14.8. The first-order valence-corrected chi connectivity index (χ1v) is 8.31. The average molecular weight is 385 g/mol. The maximum atomic E-state index is 11.3. The van der Waals surface area contributed by atoms with Crippen LogP contribution < -0.4 is 20.1 Å². The third-order valence-corrected chi connectivity index (χ3v) is 3.82. The van der Waals surface area contributed by atoms with E-state index in [9.17, 15) is 14.9 Å². The number of ether oxygens (including phenoxy) is 3. The van der Waals surface area contributed by atoms with Gasteiger partial charge < -0.3 is 24.8 Å². The van der Waals surface area contributed by atoms with Gasteiger partial charge in [-0.15, -0.1) is 0 Å². The third-order valence-electron chi connectivity index (χ3n) is 3.53. The number of nitrogens with one attached hydrogen (secondary N) is 2. The number of hydrogen-bond acceptors (Lipinski definition) is 7. The number of benzene rings is 1. The van der Waals surface area contributed by atoms with Crippen molar-refractivity contribution >= 4 is 29.0 Å². The fourth-order valence-electron chi connectivity index (χ4n) is 2.19. The second-order valence-electron chi connectivity index (χ2n) is 5.21. The summed E-state index contributed by atoms with van der Waals surface area (Å²) in [6.45, 7) is 0.927. The summed E-state index contributed by atoms with van der Waals surface area (Å²) in [6.07, 6.45) is 1.28. The van der Waals surface area contributed by atoms with E-state index in [-0.39, 0.29) is 11.7 Å². The predicted octanol–water partition coefficient (Wildman–Crippen LogP) is 1.57. The van der Waals surface area contributed by atoms with Crippen LogP contribution in [-0.4, -0.2) is 50.4 Å². The van der Waals surface area contributed by atoms with Crippen LogP contribution in [0.15, 0.2) is 12.1 Å². The van der Waals surface area contributed by atoms with Crippen LogP contribution in [0.2, 0.25) is 0 Å². The summed E-state index contributed by atoms with van der Waals surface area (Å²) in [5.41, 5.74) is 0.468. The van der Waals surface area contributed by atoms with Crippen molar-refractivity contribution in [3.8, 4) is 11.5 Å². The number of nitrogens with zero attached hydrogens (tertiary/aromatic N) is 1. The van der Waals surface area contributed by atoms with E-state index in [0.29, 0.717) is 54.5 Å². The number of nitro benzene ring substituents is 1. The molecule has 0 saturated heterocycles. The summed E-state index contributed by atoms with van der Waals surface area (Å²) in [6, 6.07) is 2.93. The molecule has 0 radical (unpaired) electrons. The zero-order chi connectivity index (χ0) is 19.5. The van der Waals surface area contributed by atoms with Gasteiger partial charge in [-0.2, -0.15) is 0 Å². The minimum Gasteiger partial charge on any atom is -0.493 e. The highest BCUT2D eigenvalue weighted by atomic mass is 32.1. The van der Waals surface area contributed by atoms with Crippen LogP contribution in [0.4, 0.5) is 5.69 Å². The second-order valence-corrected chi connectivity index (χ2v) is 5.61. The Kier molecular flexibility index (Phi) is 9.13. The van der Waals surface area contributed by atoms with Crippen molar-refractivity contribution in [2.24, 2.45) is 0 Å². The Balaban J connectivity index is 2.54. The molecule has 0 amide bonds. The minimum atomic E-state index is -0.458. The fraction of sp³-hybridized carbons (Fsp3) is 0.500. The standard InChI is InChI=1S/C16H23N3O6S/c1-23-13-9-11(12(19(21)22)10-14(13)24-2)6-8-18-16(26)17-7-4-5-15(20)25-3/h9-10H,4-8H2,1-3H3,(H2,17,18,26). The molecule has 1 rings (SSSR count). The van der Waals surface area contributed by atoms with E-state index in [4.69, 9.17) is 21.7 Å². The lowest BCUT2D eigenvalue weighted by Crippen LogP contribution is -2.37. The van der Waals surface area contributed by atoms with Gasteiger partial charge in [-0.3, -0.25) is 14.9 Å². The van der Waals surface area contributed by atoms with Crippen LogP contribution in [0.25, 0.3) is 0 Å². The first-order valence-electron chi connectivity index (χ1n) is 7.90. The maximum Gasteiger partial charge on any atom is 0.305 e. The van der Waals surface area contributed by atoms with Gasteiger partial charge in [0.25, 0.3) is 5.69 Å². The SMILES string of the molecule is COC(=O)CCCNC(=S)NCCc1cc(OC)c(OC)cc1[N+](=O)[O-]. The highest BCUT2D eigenvalue weighted by Crippen LogP contribution is 2.34. The Labute approximate surface area is 157 Å². The molecule has 0 aromatic heterocycles. The molecule has 26 heavy (non-hydrogen) atoms. The molecular formula is C16H23N3O6S. The lowest BCUT2D eigenvalue weighted by Gasteiger charge is -2.12. The molecule has 144 valence electrons. The molecule has 0 unspecified atom stereocenters. The zero-order valence-electron chi connectivity index (χ0n) is 15.0. The molecule has 0 heterocycles. The lowest BCUT2D eigenvalue weighted by atomic mass is 10.1. The van der Waals surface area contributed by atoms with Gasteiger partial charge in [0.15, 0.2) is 16.6 Å². The van der Waals surface area contributed by atoms with Gasteiger partial charge >= 0.3 is 5.97 Å². The van der Waals surface area contributed by atoms with E-state index < -0.39 is 4.92 Å². The number of thiocarbonyl (C=S) groups is 1. The molecule has 9 nitrogen and oxygen atoms in total. The zero-order valence-corrected chi connectivity index (χ0v) is 15.8. The quantitative estimate of drug-likeness (QED) is 0.204. The van der Waals surface area contributed by atoms with Crippen LogP contribution in [0.1, 0.15) is 18.4 Å². The van der Waals surface area contributed by atoms with Gasteiger partial charge in [0.1, 0.15) is 0 Å². The summed E-state index contributed by atoms with van der Waals surface area (Å²) in [4.78, 5) is 21.8. The number of methoxy groups -OCH3 is 3. The van der Waals surface area contributed by atoms with Crippen LogP contribution in [0.3, 0.4) is 0 Å². The van der Waals surface area contributed by atoms with Crippen molar-refractivity contribution in [3.05, 3.63) is 27.8 Å². The molecule has 0 aliphatic heterocycles. The van der Waals surface area contributed by atoms with Gasteiger partial charge in [0.05, 0.1) is 32.3 Å². The van der Waals surface area contributed by atoms with Crippen LogP contribution in [0.5, 0.6) is 11.5 Å². The Bertz CT molecular complexity index is 653. The number of esters is 1. The number of rotatable bonds is 10. The highest BCUT2D eigenvalue weighted by molar-refractivity contribution is 7.80. The van der Waals surface area contributed by atoms with Crippen LogP contribution >= 0.6 is 12.2 Å². The van der Waals surface area contributed by atoms with Gasteiger partial charge in [-0.1, -0.05) is 0 Å². The van der Waals surface area contributed by atoms with Crippen molar-refractivity contribution < 1.29 is 23.9 Å². The largest absolute Gasteiger partial charge is 0.493 e. The molecule has 0 bridgehead atoms. The molecule has 0 atom stereocenters. The summed E-state index contributed by atoms with van der Waals surface area (Å²) >= 11 is 5.13. The highest BCUT2D eigenvalue weighted by Gasteiger charge is 2.19. The summed E-state index contributed by atoms with van der Waals surface area (Å²) in [5, 5.41) is 17.6. The molecule has 0 spiro atoms. The summed E-state index contributed by atoms with van der Waals surface area (Å²) in [5.74, 6) is 0.460. The van der Waals surface area contributed by atoms with Crippen molar-refractivity contribution in [1.82, 2.24) is 10.6 Å². The molecule has 0 aliphatic carbocycles. The van der Waals surface area contributed by atoms with E-state index in [1.807, 2.05) is 0 Å². The monoisotopic (exact) mass is 385 g/mol. The first-order chi connectivity index (χ1) is 12.4. The van der Waals surface area contributed by atoms with Gasteiger partial charge in [0, 0.05) is 25.1 Å². The predicted molar refractivity (Wildman–Crippen MR) is 99.8 cm³/mol. The number of carbonyl (C=O) groups excluding carboxylic acids is 1. The average Bonchev–Trinajstić information content (AvgIpc) is 2.64. The van der Waals surface area contributed by atoms with Crippen LogP contribution in [0, 0.1) is 10.1 Å². The number of carbonyl (C=O) groups is 1. The maximum absolute atomic E-state index is 11.3. The second kappa shape index (κ2) is 11.1. The Morgan fingerprint density at radius 2 is 1.77 bits per heavy atom. The van der Waals surface area contributed by atoms with Gasteiger partial charge in [0.2, 0.25) is 0 Å². The summed E-state index contributed by atoms with van der Waals surface area (Å²) in [7, 11) is 4.24. The Hall–Kier alpha value is -2.62. The van der Waals surface area contributed by atoms with Crippen molar-refractivity contribution in [2.45, 2.75) is 19.3 Å². The molecule has 10 heteroatoms. The molecule has 1 aromatic carbocycles. The molecule has 2 N–H and O–H groups in total. The molecule has 0 aliphatic rings. The van der Waals surface area contributed by atoms with Gasteiger partial charge in [-0.25, -0.2) is 0 Å². The first kappa shape index (κ1) is 21.4. The minimum absolute atomic E-state index is 0.0404. The van der Waals surface area contributed by atoms with E-state index in [2.05, 4.69) is 15.4 Å². The van der Waals surface area contributed by atoms with Gasteiger partial charge in [-0.05, 0) is 31.1 Å². The smallest absolute Gasteiger partial charge is 0.305 e. The molecule has 0 saturated carbocycles. The van der Waals surface area contributed by atoms with Crippen molar-refractivity contribution in [3.63, 3.8) is 0 Å².